The Morgan fingerprint density at radius 3 is 2.88 bits per heavy atom. The van der Waals surface area contributed by atoms with Crippen LogP contribution in [0.25, 0.3) is 11.1 Å². The standard InChI is InChI=1S/C19H23N3O4/c1-12(2)8-14-10-15(26-21-14)11-20-18(23)6-7-22-16-9-13(3)4-5-17(16)25-19(22)24/h4-5,9-10,12H,6-8,11H2,1-3H3,(H,20,23). The molecule has 138 valence electrons. The fourth-order valence-corrected chi connectivity index (χ4v) is 2.82. The van der Waals surface area contributed by atoms with Gasteiger partial charge in [0.25, 0.3) is 0 Å². The van der Waals surface area contributed by atoms with Crippen LogP contribution < -0.4 is 11.1 Å². The van der Waals surface area contributed by atoms with E-state index >= 15 is 0 Å². The molecule has 7 heteroatoms. The number of aromatic nitrogens is 2. The summed E-state index contributed by atoms with van der Waals surface area (Å²) in [6, 6.07) is 7.38. The molecule has 3 aromatic rings. The molecule has 1 aromatic carbocycles. The summed E-state index contributed by atoms with van der Waals surface area (Å²) >= 11 is 0. The average molecular weight is 357 g/mol. The summed E-state index contributed by atoms with van der Waals surface area (Å²) in [6.45, 7) is 6.71. The number of benzene rings is 1. The molecule has 7 nitrogen and oxygen atoms in total. The largest absolute Gasteiger partial charge is 0.419 e. The Balaban J connectivity index is 1.56. The highest BCUT2D eigenvalue weighted by Crippen LogP contribution is 2.15. The van der Waals surface area contributed by atoms with E-state index in [2.05, 4.69) is 24.3 Å². The molecule has 0 aliphatic heterocycles. The second kappa shape index (κ2) is 7.59. The lowest BCUT2D eigenvalue weighted by Gasteiger charge is -2.04. The van der Waals surface area contributed by atoms with Gasteiger partial charge in [0.05, 0.1) is 17.8 Å². The Labute approximate surface area is 151 Å². The Bertz CT molecular complexity index is 965. The monoisotopic (exact) mass is 357 g/mol. The second-order valence-electron chi connectivity index (χ2n) is 6.90. The van der Waals surface area contributed by atoms with Crippen LogP contribution in [0.15, 0.2) is 38.0 Å². The highest BCUT2D eigenvalue weighted by molar-refractivity contribution is 5.77. The summed E-state index contributed by atoms with van der Waals surface area (Å²) in [6.07, 6.45) is 1.02. The SMILES string of the molecule is Cc1ccc2oc(=O)n(CCC(=O)NCc3cc(CC(C)C)no3)c2c1. The van der Waals surface area contributed by atoms with Crippen LogP contribution in [0.2, 0.25) is 0 Å². The van der Waals surface area contributed by atoms with E-state index in [1.54, 1.807) is 6.07 Å². The number of nitrogens with one attached hydrogen (secondary N) is 1. The number of amides is 1. The summed E-state index contributed by atoms with van der Waals surface area (Å²) in [5.41, 5.74) is 3.15. The minimum Gasteiger partial charge on any atom is -0.408 e. The van der Waals surface area contributed by atoms with Crippen molar-refractivity contribution in [3.05, 3.63) is 51.8 Å². The summed E-state index contributed by atoms with van der Waals surface area (Å²) in [4.78, 5) is 24.1. The number of aryl methyl sites for hydroxylation is 2. The van der Waals surface area contributed by atoms with Crippen LogP contribution in [0, 0.1) is 12.8 Å². The van der Waals surface area contributed by atoms with Gasteiger partial charge in [-0.1, -0.05) is 25.1 Å². The molecule has 2 heterocycles. The Morgan fingerprint density at radius 2 is 2.12 bits per heavy atom. The van der Waals surface area contributed by atoms with Crippen molar-refractivity contribution in [2.45, 2.75) is 46.7 Å². The van der Waals surface area contributed by atoms with Gasteiger partial charge in [0.2, 0.25) is 5.91 Å². The maximum absolute atomic E-state index is 12.1. The predicted octanol–water partition coefficient (Wildman–Crippen LogP) is 2.80. The first-order valence-corrected chi connectivity index (χ1v) is 8.73. The molecule has 0 bridgehead atoms. The van der Waals surface area contributed by atoms with Gasteiger partial charge in [-0.05, 0) is 37.0 Å². The Hall–Kier alpha value is -2.83. The first kappa shape index (κ1) is 18.0. The van der Waals surface area contributed by atoms with Crippen molar-refractivity contribution in [2.75, 3.05) is 0 Å². The second-order valence-corrected chi connectivity index (χ2v) is 6.90. The molecule has 0 aliphatic carbocycles. The zero-order valence-corrected chi connectivity index (χ0v) is 15.2. The van der Waals surface area contributed by atoms with Gasteiger partial charge in [-0.2, -0.15) is 0 Å². The highest BCUT2D eigenvalue weighted by atomic mass is 16.5. The van der Waals surface area contributed by atoms with Crippen LogP contribution in [0.5, 0.6) is 0 Å². The van der Waals surface area contributed by atoms with Gasteiger partial charge in [-0.3, -0.25) is 9.36 Å². The molecule has 0 atom stereocenters. The first-order valence-electron chi connectivity index (χ1n) is 8.73. The summed E-state index contributed by atoms with van der Waals surface area (Å²) in [7, 11) is 0. The number of rotatable bonds is 7. The third-order valence-corrected chi connectivity index (χ3v) is 4.07. The molecule has 0 radical (unpaired) electrons. The smallest absolute Gasteiger partial charge is 0.408 e. The van der Waals surface area contributed by atoms with Gasteiger partial charge in [-0.25, -0.2) is 4.79 Å². The van der Waals surface area contributed by atoms with E-state index in [1.165, 1.54) is 4.57 Å². The fraction of sp³-hybridized carbons (Fsp3) is 0.421. The third-order valence-electron chi connectivity index (χ3n) is 4.07. The maximum atomic E-state index is 12.1. The minimum absolute atomic E-state index is 0.166. The van der Waals surface area contributed by atoms with Crippen LogP contribution in [0.3, 0.4) is 0 Å². The third kappa shape index (κ3) is 4.22. The van der Waals surface area contributed by atoms with Gasteiger partial charge >= 0.3 is 5.76 Å². The van der Waals surface area contributed by atoms with Crippen molar-refractivity contribution >= 4 is 17.0 Å². The average Bonchev–Trinajstić information content (AvgIpc) is 3.14. The molecule has 1 N–H and O–H groups in total. The number of hydrogen-bond acceptors (Lipinski definition) is 5. The first-order chi connectivity index (χ1) is 12.4. The van der Waals surface area contributed by atoms with E-state index in [1.807, 2.05) is 25.1 Å². The molecule has 1 amide bonds. The van der Waals surface area contributed by atoms with Crippen molar-refractivity contribution in [1.82, 2.24) is 15.0 Å². The van der Waals surface area contributed by atoms with Crippen molar-refractivity contribution in [3.63, 3.8) is 0 Å². The zero-order valence-electron chi connectivity index (χ0n) is 15.2. The summed E-state index contributed by atoms with van der Waals surface area (Å²) in [5.74, 6) is 0.498. The van der Waals surface area contributed by atoms with Crippen molar-refractivity contribution in [2.24, 2.45) is 5.92 Å². The number of fused-ring (bicyclic) bond motifs is 1. The molecule has 0 fully saturated rings. The zero-order chi connectivity index (χ0) is 18.7. The summed E-state index contributed by atoms with van der Waals surface area (Å²) in [5, 5.41) is 6.78. The molecule has 2 aromatic heterocycles. The highest BCUT2D eigenvalue weighted by Gasteiger charge is 2.12. The van der Waals surface area contributed by atoms with E-state index < -0.39 is 5.76 Å². The minimum atomic E-state index is -0.452. The molecule has 0 unspecified atom stereocenters. The molecular formula is C19H23N3O4. The van der Waals surface area contributed by atoms with E-state index in [0.717, 1.165) is 17.7 Å². The van der Waals surface area contributed by atoms with Crippen LogP contribution in [0.1, 0.15) is 37.3 Å². The van der Waals surface area contributed by atoms with E-state index in [0.29, 0.717) is 22.8 Å². The quantitative estimate of drug-likeness (QED) is 0.702. The normalized spacial score (nSPS) is 11.4. The van der Waals surface area contributed by atoms with E-state index in [9.17, 15) is 9.59 Å². The van der Waals surface area contributed by atoms with Crippen LogP contribution >= 0.6 is 0 Å². The molecule has 0 aliphatic rings. The van der Waals surface area contributed by atoms with Gasteiger partial charge < -0.3 is 14.3 Å². The molecule has 26 heavy (non-hydrogen) atoms. The van der Waals surface area contributed by atoms with Crippen LogP contribution in [-0.2, 0) is 24.3 Å². The maximum Gasteiger partial charge on any atom is 0.419 e. The van der Waals surface area contributed by atoms with Crippen molar-refractivity contribution < 1.29 is 13.7 Å². The van der Waals surface area contributed by atoms with E-state index in [-0.39, 0.29) is 25.4 Å². The molecule has 0 spiro atoms. The number of carbonyl (C=O) groups excluding carboxylic acids is 1. The number of carbonyl (C=O) groups is 1. The molecule has 3 rings (SSSR count). The van der Waals surface area contributed by atoms with E-state index in [4.69, 9.17) is 8.94 Å². The van der Waals surface area contributed by atoms with Crippen molar-refractivity contribution in [3.8, 4) is 0 Å². The number of nitrogens with zero attached hydrogens (tertiary/aromatic N) is 2. The number of oxazole rings is 1. The predicted molar refractivity (Wildman–Crippen MR) is 96.7 cm³/mol. The molecular weight excluding hydrogens is 334 g/mol. The van der Waals surface area contributed by atoms with Gasteiger partial charge in [-0.15, -0.1) is 0 Å². The van der Waals surface area contributed by atoms with Crippen molar-refractivity contribution in [1.29, 1.82) is 0 Å². The van der Waals surface area contributed by atoms with Crippen LogP contribution in [0.4, 0.5) is 0 Å². The fourth-order valence-electron chi connectivity index (χ4n) is 2.82. The van der Waals surface area contributed by atoms with Gasteiger partial charge in [0.1, 0.15) is 0 Å². The Kier molecular flexibility index (Phi) is 5.25. The van der Waals surface area contributed by atoms with Gasteiger partial charge in [0.15, 0.2) is 11.3 Å². The lowest BCUT2D eigenvalue weighted by Crippen LogP contribution is -2.25. The summed E-state index contributed by atoms with van der Waals surface area (Å²) < 4.78 is 11.9. The lowest BCUT2D eigenvalue weighted by atomic mass is 10.1. The molecule has 0 saturated carbocycles. The lowest BCUT2D eigenvalue weighted by molar-refractivity contribution is -0.121. The molecule has 0 saturated heterocycles. The van der Waals surface area contributed by atoms with Crippen LogP contribution in [-0.4, -0.2) is 15.6 Å². The van der Waals surface area contributed by atoms with Gasteiger partial charge in [0, 0.05) is 19.0 Å². The number of hydrogen-bond donors (Lipinski definition) is 1. The topological polar surface area (TPSA) is 90.3 Å². The Morgan fingerprint density at radius 1 is 1.31 bits per heavy atom.